The normalized spacial score (nSPS) is 18.8. The van der Waals surface area contributed by atoms with Gasteiger partial charge in [0, 0.05) is 21.0 Å². The van der Waals surface area contributed by atoms with E-state index in [4.69, 9.17) is 11.6 Å². The second kappa shape index (κ2) is 6.55. The zero-order valence-electron chi connectivity index (χ0n) is 11.1. The molecule has 3 rings (SSSR count). The highest BCUT2D eigenvalue weighted by atomic mass is 79.9. The van der Waals surface area contributed by atoms with Crippen molar-refractivity contribution >= 4 is 39.3 Å². The lowest BCUT2D eigenvalue weighted by Gasteiger charge is -2.20. The van der Waals surface area contributed by atoms with E-state index < -0.39 is 0 Å². The maximum Gasteiger partial charge on any atom is 0.0441 e. The van der Waals surface area contributed by atoms with E-state index in [-0.39, 0.29) is 0 Å². The van der Waals surface area contributed by atoms with Crippen molar-refractivity contribution in [3.8, 4) is 0 Å². The molecule has 0 nitrogen and oxygen atoms in total. The van der Waals surface area contributed by atoms with Gasteiger partial charge in [-0.15, -0.1) is 11.8 Å². The van der Waals surface area contributed by atoms with Crippen LogP contribution in [0.2, 0.25) is 5.02 Å². The fourth-order valence-corrected chi connectivity index (χ4v) is 5.02. The van der Waals surface area contributed by atoms with Crippen LogP contribution in [0.4, 0.5) is 0 Å². The van der Waals surface area contributed by atoms with Crippen molar-refractivity contribution in [2.24, 2.45) is 0 Å². The molecule has 0 aromatic heterocycles. The van der Waals surface area contributed by atoms with Crippen molar-refractivity contribution in [1.82, 2.24) is 0 Å². The van der Waals surface area contributed by atoms with Gasteiger partial charge in [-0.2, -0.15) is 0 Å². The van der Waals surface area contributed by atoms with E-state index in [1.54, 1.807) is 0 Å². The second-order valence-corrected chi connectivity index (χ2v) is 7.27. The highest BCUT2D eigenvalue weighted by molar-refractivity contribution is 9.09. The average molecular weight is 368 g/mol. The van der Waals surface area contributed by atoms with Crippen LogP contribution in [0.1, 0.15) is 29.4 Å². The minimum Gasteiger partial charge on any atom is -0.125 e. The van der Waals surface area contributed by atoms with Gasteiger partial charge in [-0.25, -0.2) is 0 Å². The lowest BCUT2D eigenvalue weighted by atomic mass is 9.87. The van der Waals surface area contributed by atoms with E-state index in [1.807, 2.05) is 23.9 Å². The van der Waals surface area contributed by atoms with Crippen molar-refractivity contribution in [2.75, 3.05) is 11.1 Å². The molecular formula is C17H16BrClS. The van der Waals surface area contributed by atoms with E-state index in [0.29, 0.717) is 11.8 Å². The van der Waals surface area contributed by atoms with Gasteiger partial charge in [0.1, 0.15) is 0 Å². The average Bonchev–Trinajstić information content (AvgIpc) is 2.89. The predicted molar refractivity (Wildman–Crippen MR) is 92.5 cm³/mol. The molecule has 0 amide bonds. The molecule has 2 unspecified atom stereocenters. The molecule has 2 aromatic rings. The molecule has 0 saturated heterocycles. The summed E-state index contributed by atoms with van der Waals surface area (Å²) in [6.45, 7) is 0. The van der Waals surface area contributed by atoms with Crippen LogP contribution in [0.25, 0.3) is 0 Å². The number of thioether (sulfide) groups is 1. The summed E-state index contributed by atoms with van der Waals surface area (Å²) in [4.78, 5) is 1.45. The van der Waals surface area contributed by atoms with Gasteiger partial charge in [-0.05, 0) is 41.5 Å². The van der Waals surface area contributed by atoms with Crippen molar-refractivity contribution in [3.05, 3.63) is 64.7 Å². The third-order valence-corrected chi connectivity index (χ3v) is 6.28. The molecule has 0 N–H and O–H groups in total. The highest BCUT2D eigenvalue weighted by Crippen LogP contribution is 2.44. The van der Waals surface area contributed by atoms with Crippen LogP contribution in [0.15, 0.2) is 53.4 Å². The molecule has 1 aliphatic rings. The van der Waals surface area contributed by atoms with Gasteiger partial charge in [-0.1, -0.05) is 63.9 Å². The molecule has 0 bridgehead atoms. The van der Waals surface area contributed by atoms with Crippen LogP contribution in [-0.4, -0.2) is 11.1 Å². The van der Waals surface area contributed by atoms with E-state index in [1.165, 1.54) is 21.8 Å². The topological polar surface area (TPSA) is 0 Å². The number of hydrogen-bond acceptors (Lipinski definition) is 1. The molecule has 1 aliphatic heterocycles. The van der Waals surface area contributed by atoms with Crippen molar-refractivity contribution in [3.63, 3.8) is 0 Å². The van der Waals surface area contributed by atoms with Gasteiger partial charge in [0.15, 0.2) is 0 Å². The summed E-state index contributed by atoms with van der Waals surface area (Å²) in [5, 5.41) is 1.84. The maximum atomic E-state index is 6.36. The third-order valence-electron chi connectivity index (χ3n) is 3.90. The Morgan fingerprint density at radius 3 is 2.70 bits per heavy atom. The summed E-state index contributed by atoms with van der Waals surface area (Å²) < 4.78 is 0. The monoisotopic (exact) mass is 366 g/mol. The number of benzene rings is 2. The Balaban J connectivity index is 1.82. The minimum absolute atomic E-state index is 0.473. The number of halogens is 2. The first kappa shape index (κ1) is 14.5. The lowest BCUT2D eigenvalue weighted by molar-refractivity contribution is 0.608. The van der Waals surface area contributed by atoms with Crippen LogP contribution in [0.3, 0.4) is 0 Å². The first-order valence-corrected chi connectivity index (χ1v) is 9.30. The maximum absolute atomic E-state index is 6.36. The van der Waals surface area contributed by atoms with Crippen LogP contribution in [0, 0.1) is 0 Å². The zero-order chi connectivity index (χ0) is 13.9. The van der Waals surface area contributed by atoms with E-state index in [2.05, 4.69) is 52.3 Å². The van der Waals surface area contributed by atoms with Crippen molar-refractivity contribution < 1.29 is 0 Å². The highest BCUT2D eigenvalue weighted by Gasteiger charge is 2.26. The minimum atomic E-state index is 0.473. The quantitative estimate of drug-likeness (QED) is 0.588. The Hall–Kier alpha value is -0.440. The van der Waals surface area contributed by atoms with Crippen LogP contribution < -0.4 is 0 Å². The van der Waals surface area contributed by atoms with Gasteiger partial charge in [-0.3, -0.25) is 0 Å². The van der Waals surface area contributed by atoms with Crippen LogP contribution in [0.5, 0.6) is 0 Å². The standard InChI is InChI=1S/C17H16BrClS/c18-10-12(14-5-1-3-7-16(14)19)9-13-11-20-17-8-4-2-6-15(13)17/h1-8,12-13H,9-11H2. The summed E-state index contributed by atoms with van der Waals surface area (Å²) >= 11 is 12.0. The Morgan fingerprint density at radius 2 is 1.90 bits per heavy atom. The SMILES string of the molecule is Clc1ccccc1C(CBr)CC1CSc2ccccc21. The number of alkyl halides is 1. The molecule has 0 radical (unpaired) electrons. The molecule has 2 atom stereocenters. The molecule has 0 fully saturated rings. The number of fused-ring (bicyclic) bond motifs is 1. The Labute approximate surface area is 138 Å². The van der Waals surface area contributed by atoms with E-state index >= 15 is 0 Å². The molecular weight excluding hydrogens is 352 g/mol. The zero-order valence-corrected chi connectivity index (χ0v) is 14.2. The molecule has 0 aliphatic carbocycles. The van der Waals surface area contributed by atoms with Crippen LogP contribution in [-0.2, 0) is 0 Å². The van der Waals surface area contributed by atoms with Gasteiger partial charge < -0.3 is 0 Å². The van der Waals surface area contributed by atoms with E-state index in [0.717, 1.165) is 16.8 Å². The fraction of sp³-hybridized carbons (Fsp3) is 0.294. The molecule has 0 spiro atoms. The summed E-state index contributed by atoms with van der Waals surface area (Å²) in [7, 11) is 0. The summed E-state index contributed by atoms with van der Waals surface area (Å²) in [5.41, 5.74) is 2.77. The summed E-state index contributed by atoms with van der Waals surface area (Å²) in [6, 6.07) is 17.0. The third kappa shape index (κ3) is 2.93. The molecule has 20 heavy (non-hydrogen) atoms. The van der Waals surface area contributed by atoms with Gasteiger partial charge in [0.25, 0.3) is 0 Å². The van der Waals surface area contributed by atoms with E-state index in [9.17, 15) is 0 Å². The first-order valence-electron chi connectivity index (χ1n) is 6.81. The Bertz CT molecular complexity index is 599. The van der Waals surface area contributed by atoms with Crippen molar-refractivity contribution in [1.29, 1.82) is 0 Å². The summed E-state index contributed by atoms with van der Waals surface area (Å²) in [6.07, 6.45) is 1.15. The predicted octanol–water partition coefficient (Wildman–Crippen LogP) is 6.10. The molecule has 0 saturated carbocycles. The lowest BCUT2D eigenvalue weighted by Crippen LogP contribution is -2.08. The van der Waals surface area contributed by atoms with Gasteiger partial charge in [0.2, 0.25) is 0 Å². The first-order chi connectivity index (χ1) is 9.79. The summed E-state index contributed by atoms with van der Waals surface area (Å²) in [5.74, 6) is 2.29. The molecule has 104 valence electrons. The molecule has 1 heterocycles. The van der Waals surface area contributed by atoms with Crippen LogP contribution >= 0.6 is 39.3 Å². The number of hydrogen-bond donors (Lipinski definition) is 0. The smallest absolute Gasteiger partial charge is 0.0441 e. The fourth-order valence-electron chi connectivity index (χ4n) is 2.85. The molecule has 3 heteroatoms. The Morgan fingerprint density at radius 1 is 1.15 bits per heavy atom. The Kier molecular flexibility index (Phi) is 4.75. The second-order valence-electron chi connectivity index (χ2n) is 5.15. The van der Waals surface area contributed by atoms with Gasteiger partial charge in [0.05, 0.1) is 0 Å². The van der Waals surface area contributed by atoms with Crippen molar-refractivity contribution in [2.45, 2.75) is 23.2 Å². The number of rotatable bonds is 4. The molecule has 2 aromatic carbocycles. The van der Waals surface area contributed by atoms with Gasteiger partial charge >= 0.3 is 0 Å². The largest absolute Gasteiger partial charge is 0.125 e.